The van der Waals surface area contributed by atoms with E-state index in [-0.39, 0.29) is 6.10 Å². The molecule has 0 saturated carbocycles. The Bertz CT molecular complexity index is 332. The summed E-state index contributed by atoms with van der Waals surface area (Å²) in [4.78, 5) is 0. The zero-order valence-corrected chi connectivity index (χ0v) is 10.3. The molecular formula is C13H21NO. The normalized spacial score (nSPS) is 10.5. The Morgan fingerprint density at radius 1 is 1.27 bits per heavy atom. The molecule has 0 heterocycles. The summed E-state index contributed by atoms with van der Waals surface area (Å²) in [5.74, 6) is 0.984. The summed E-state index contributed by atoms with van der Waals surface area (Å²) in [5.41, 5.74) is 3.56. The van der Waals surface area contributed by atoms with Crippen molar-refractivity contribution in [3.05, 3.63) is 23.3 Å². The van der Waals surface area contributed by atoms with Crippen molar-refractivity contribution in [2.75, 3.05) is 11.9 Å². The fourth-order valence-electron chi connectivity index (χ4n) is 1.67. The second kappa shape index (κ2) is 5.06. The first-order valence-corrected chi connectivity index (χ1v) is 5.56. The van der Waals surface area contributed by atoms with Crippen molar-refractivity contribution in [2.45, 2.75) is 40.7 Å². The fraction of sp³-hybridized carbons (Fsp3) is 0.538. The summed E-state index contributed by atoms with van der Waals surface area (Å²) < 4.78 is 5.82. The van der Waals surface area contributed by atoms with Gasteiger partial charge in [0.25, 0.3) is 0 Å². The number of benzene rings is 1. The minimum Gasteiger partial charge on any atom is -0.489 e. The maximum Gasteiger partial charge on any atom is 0.145 e. The highest BCUT2D eigenvalue weighted by molar-refractivity contribution is 5.61. The molecule has 0 fully saturated rings. The summed E-state index contributed by atoms with van der Waals surface area (Å²) in [6.07, 6.45) is 0.212. The maximum atomic E-state index is 5.82. The first-order chi connectivity index (χ1) is 7.04. The first kappa shape index (κ1) is 11.9. The SMILES string of the molecule is CCNc1cc(C)cc(C)c1OC(C)C. The van der Waals surface area contributed by atoms with E-state index >= 15 is 0 Å². The molecule has 2 nitrogen and oxygen atoms in total. The van der Waals surface area contributed by atoms with E-state index in [1.807, 2.05) is 0 Å². The highest BCUT2D eigenvalue weighted by Gasteiger charge is 2.09. The molecule has 1 aromatic rings. The van der Waals surface area contributed by atoms with Gasteiger partial charge < -0.3 is 10.1 Å². The Balaban J connectivity index is 3.08. The summed E-state index contributed by atoms with van der Waals surface area (Å²) in [5, 5.41) is 3.34. The number of hydrogen-bond donors (Lipinski definition) is 1. The Labute approximate surface area is 92.6 Å². The molecule has 15 heavy (non-hydrogen) atoms. The predicted octanol–water partition coefficient (Wildman–Crippen LogP) is 3.52. The van der Waals surface area contributed by atoms with Gasteiger partial charge in [0.15, 0.2) is 0 Å². The van der Waals surface area contributed by atoms with Crippen LogP contribution >= 0.6 is 0 Å². The lowest BCUT2D eigenvalue weighted by Crippen LogP contribution is -2.10. The largest absolute Gasteiger partial charge is 0.489 e. The van der Waals surface area contributed by atoms with Crippen molar-refractivity contribution >= 4 is 5.69 Å². The van der Waals surface area contributed by atoms with Crippen molar-refractivity contribution in [3.63, 3.8) is 0 Å². The van der Waals surface area contributed by atoms with Crippen molar-refractivity contribution in [1.82, 2.24) is 0 Å². The minimum atomic E-state index is 0.212. The Morgan fingerprint density at radius 3 is 2.47 bits per heavy atom. The van der Waals surface area contributed by atoms with Gasteiger partial charge >= 0.3 is 0 Å². The molecule has 84 valence electrons. The van der Waals surface area contributed by atoms with Crippen molar-refractivity contribution in [1.29, 1.82) is 0 Å². The second-order valence-corrected chi connectivity index (χ2v) is 4.16. The predicted molar refractivity (Wildman–Crippen MR) is 65.8 cm³/mol. The van der Waals surface area contributed by atoms with E-state index in [1.54, 1.807) is 0 Å². The van der Waals surface area contributed by atoms with E-state index < -0.39 is 0 Å². The lowest BCUT2D eigenvalue weighted by atomic mass is 10.1. The van der Waals surface area contributed by atoms with Crippen LogP contribution in [0.2, 0.25) is 0 Å². The highest BCUT2D eigenvalue weighted by atomic mass is 16.5. The van der Waals surface area contributed by atoms with Gasteiger partial charge in [-0.1, -0.05) is 6.07 Å². The molecule has 0 radical (unpaired) electrons. The van der Waals surface area contributed by atoms with Crippen LogP contribution in [0.15, 0.2) is 12.1 Å². The second-order valence-electron chi connectivity index (χ2n) is 4.16. The van der Waals surface area contributed by atoms with E-state index in [9.17, 15) is 0 Å². The molecule has 2 heteroatoms. The van der Waals surface area contributed by atoms with Crippen LogP contribution in [0.3, 0.4) is 0 Å². The average molecular weight is 207 g/mol. The van der Waals surface area contributed by atoms with Crippen molar-refractivity contribution in [3.8, 4) is 5.75 Å². The van der Waals surface area contributed by atoms with E-state index in [0.717, 1.165) is 18.0 Å². The maximum absolute atomic E-state index is 5.82. The molecule has 0 saturated heterocycles. The molecule has 0 aliphatic heterocycles. The zero-order valence-electron chi connectivity index (χ0n) is 10.3. The van der Waals surface area contributed by atoms with Crippen LogP contribution in [0.4, 0.5) is 5.69 Å². The molecule has 0 unspecified atom stereocenters. The van der Waals surface area contributed by atoms with Crippen LogP contribution < -0.4 is 10.1 Å². The van der Waals surface area contributed by atoms with Crippen LogP contribution in [0, 0.1) is 13.8 Å². The monoisotopic (exact) mass is 207 g/mol. The molecule has 0 bridgehead atoms. The Morgan fingerprint density at radius 2 is 1.93 bits per heavy atom. The Hall–Kier alpha value is -1.18. The van der Waals surface area contributed by atoms with Crippen LogP contribution in [0.5, 0.6) is 5.75 Å². The molecule has 0 aromatic heterocycles. The number of nitrogens with one attached hydrogen (secondary N) is 1. The zero-order chi connectivity index (χ0) is 11.4. The fourth-order valence-corrected chi connectivity index (χ4v) is 1.67. The van der Waals surface area contributed by atoms with Crippen LogP contribution in [-0.4, -0.2) is 12.6 Å². The van der Waals surface area contributed by atoms with E-state index in [0.29, 0.717) is 0 Å². The third-order valence-corrected chi connectivity index (χ3v) is 2.14. The standard InChI is InChI=1S/C13H21NO/c1-6-14-12-8-10(4)7-11(5)13(12)15-9(2)3/h7-9,14H,6H2,1-5H3. The average Bonchev–Trinajstić information content (AvgIpc) is 2.11. The number of ether oxygens (including phenoxy) is 1. The smallest absolute Gasteiger partial charge is 0.145 e. The third-order valence-electron chi connectivity index (χ3n) is 2.14. The topological polar surface area (TPSA) is 21.3 Å². The molecule has 1 N–H and O–H groups in total. The molecule has 1 rings (SSSR count). The van der Waals surface area contributed by atoms with E-state index in [4.69, 9.17) is 4.74 Å². The molecule has 0 aliphatic carbocycles. The third kappa shape index (κ3) is 3.15. The highest BCUT2D eigenvalue weighted by Crippen LogP contribution is 2.30. The Kier molecular flexibility index (Phi) is 4.01. The van der Waals surface area contributed by atoms with Gasteiger partial charge in [-0.25, -0.2) is 0 Å². The van der Waals surface area contributed by atoms with Gasteiger partial charge in [0.2, 0.25) is 0 Å². The van der Waals surface area contributed by atoms with Crippen molar-refractivity contribution in [2.24, 2.45) is 0 Å². The first-order valence-electron chi connectivity index (χ1n) is 5.56. The molecule has 0 amide bonds. The van der Waals surface area contributed by atoms with Gasteiger partial charge in [-0.05, 0) is 51.8 Å². The minimum absolute atomic E-state index is 0.212. The van der Waals surface area contributed by atoms with Gasteiger partial charge in [-0.3, -0.25) is 0 Å². The number of hydrogen-bond acceptors (Lipinski definition) is 2. The molecular weight excluding hydrogens is 186 g/mol. The summed E-state index contributed by atoms with van der Waals surface area (Å²) in [6.45, 7) is 11.3. The summed E-state index contributed by atoms with van der Waals surface area (Å²) in [6, 6.07) is 4.28. The van der Waals surface area contributed by atoms with E-state index in [2.05, 4.69) is 52.1 Å². The number of rotatable bonds is 4. The lowest BCUT2D eigenvalue weighted by Gasteiger charge is -2.18. The molecule has 1 aromatic carbocycles. The van der Waals surface area contributed by atoms with Crippen LogP contribution in [0.1, 0.15) is 31.9 Å². The molecule has 0 aliphatic rings. The van der Waals surface area contributed by atoms with E-state index in [1.165, 1.54) is 11.1 Å². The van der Waals surface area contributed by atoms with Gasteiger partial charge in [0.05, 0.1) is 11.8 Å². The van der Waals surface area contributed by atoms with Crippen LogP contribution in [0.25, 0.3) is 0 Å². The summed E-state index contributed by atoms with van der Waals surface area (Å²) in [7, 11) is 0. The number of aryl methyl sites for hydroxylation is 2. The van der Waals surface area contributed by atoms with Crippen LogP contribution in [-0.2, 0) is 0 Å². The summed E-state index contributed by atoms with van der Waals surface area (Å²) >= 11 is 0. The lowest BCUT2D eigenvalue weighted by molar-refractivity contribution is 0.242. The number of anilines is 1. The van der Waals surface area contributed by atoms with Gasteiger partial charge in [-0.15, -0.1) is 0 Å². The molecule has 0 spiro atoms. The van der Waals surface area contributed by atoms with Gasteiger partial charge in [0, 0.05) is 6.54 Å². The van der Waals surface area contributed by atoms with Gasteiger partial charge in [-0.2, -0.15) is 0 Å². The quantitative estimate of drug-likeness (QED) is 0.815. The molecule has 0 atom stereocenters. The van der Waals surface area contributed by atoms with Gasteiger partial charge in [0.1, 0.15) is 5.75 Å². The van der Waals surface area contributed by atoms with Crippen molar-refractivity contribution < 1.29 is 4.74 Å².